The van der Waals surface area contributed by atoms with Crippen LogP contribution in [-0.2, 0) is 4.74 Å². The van der Waals surface area contributed by atoms with Gasteiger partial charge in [0.2, 0.25) is 6.30 Å². The van der Waals surface area contributed by atoms with Crippen molar-refractivity contribution in [3.8, 4) is 0 Å². The van der Waals surface area contributed by atoms with Gasteiger partial charge in [-0.05, 0) is 12.8 Å². The van der Waals surface area contributed by atoms with Crippen LogP contribution >= 0.6 is 0 Å². The highest BCUT2D eigenvalue weighted by molar-refractivity contribution is 5.09. The monoisotopic (exact) mass is 650 g/mol. The second-order valence-electron chi connectivity index (χ2n) is 8.19. The molecule has 2 aliphatic heterocycles. The molecule has 0 N–H and O–H groups in total. The minimum Gasteiger partial charge on any atom is -0.362 e. The van der Waals surface area contributed by atoms with Gasteiger partial charge >= 0.3 is 54.4 Å². The maximum Gasteiger partial charge on any atom is 0.469 e. The number of ether oxygens (including phenoxy) is 1. The van der Waals surface area contributed by atoms with Crippen LogP contribution in [0.15, 0.2) is 0 Å². The molecule has 0 aliphatic carbocycles. The molecule has 0 radical (unpaired) electrons. The smallest absolute Gasteiger partial charge is 0.362 e. The number of hydrogen-bond donors (Lipinski definition) is 0. The van der Waals surface area contributed by atoms with E-state index in [1.807, 2.05) is 0 Å². The number of alkyl halides is 22. The van der Waals surface area contributed by atoms with E-state index in [0.717, 1.165) is 0 Å². The lowest BCUT2D eigenvalue weighted by atomic mass is 10.0. The van der Waals surface area contributed by atoms with E-state index in [0.29, 0.717) is 0 Å². The van der Waals surface area contributed by atoms with Gasteiger partial charge in [-0.3, -0.25) is 0 Å². The molecule has 0 aromatic rings. The van der Waals surface area contributed by atoms with Crippen molar-refractivity contribution >= 4 is 0 Å². The van der Waals surface area contributed by atoms with E-state index in [1.54, 1.807) is 0 Å². The molecule has 0 saturated carbocycles. The summed E-state index contributed by atoms with van der Waals surface area (Å²) >= 11 is 0. The van der Waals surface area contributed by atoms with Gasteiger partial charge in [-0.2, -0.15) is 79.0 Å². The summed E-state index contributed by atoms with van der Waals surface area (Å²) in [6.45, 7) is 0. The zero-order valence-corrected chi connectivity index (χ0v) is 17.8. The van der Waals surface area contributed by atoms with E-state index in [-0.39, 0.29) is 0 Å². The molecule has 0 bridgehead atoms. The van der Waals surface area contributed by atoms with Crippen molar-refractivity contribution in [3.05, 3.63) is 0 Å². The van der Waals surface area contributed by atoms with Gasteiger partial charge in [0.05, 0.1) is 0 Å². The summed E-state index contributed by atoms with van der Waals surface area (Å²) in [4.78, 5) is -8.21. The summed E-state index contributed by atoms with van der Waals surface area (Å²) in [5.74, 6) is -12.3. The molecule has 4 atom stereocenters. The summed E-state index contributed by atoms with van der Waals surface area (Å²) < 4.78 is 300. The van der Waals surface area contributed by atoms with E-state index >= 15 is 0 Å². The Kier molecular flexibility index (Phi) is 7.92. The fourth-order valence-corrected chi connectivity index (χ4v) is 3.59. The number of rotatable bonds is 6. The Labute approximate surface area is 204 Å². The highest BCUT2D eigenvalue weighted by Gasteiger charge is 2.93. The molecule has 40 heavy (non-hydrogen) atoms. The fourth-order valence-electron chi connectivity index (χ4n) is 3.59. The molecular formula is C15H8F22N2O. The van der Waals surface area contributed by atoms with Gasteiger partial charge in [0.15, 0.2) is 0 Å². The van der Waals surface area contributed by atoms with Crippen LogP contribution in [0.3, 0.4) is 0 Å². The molecule has 0 aromatic heterocycles. The van der Waals surface area contributed by atoms with Crippen LogP contribution in [0.5, 0.6) is 0 Å². The Morgan fingerprint density at radius 3 is 1.25 bits per heavy atom. The highest BCUT2D eigenvalue weighted by atomic mass is 19.4. The van der Waals surface area contributed by atoms with Gasteiger partial charge in [-0.25, -0.2) is 17.6 Å². The van der Waals surface area contributed by atoms with E-state index in [2.05, 4.69) is 4.74 Å². The van der Waals surface area contributed by atoms with Gasteiger partial charge < -0.3 is 4.74 Å². The lowest BCUT2D eigenvalue weighted by Crippen LogP contribution is -2.86. The summed E-state index contributed by atoms with van der Waals surface area (Å²) in [6.07, 6.45) is -36.9. The van der Waals surface area contributed by atoms with Crippen molar-refractivity contribution in [2.24, 2.45) is 0 Å². The van der Waals surface area contributed by atoms with Crippen LogP contribution in [0.4, 0.5) is 96.6 Å². The van der Waals surface area contributed by atoms with Gasteiger partial charge in [-0.15, -0.1) is 4.90 Å². The number of nitrogens with zero attached hydrogens (tertiary/aromatic N) is 2. The molecule has 2 heterocycles. The van der Waals surface area contributed by atoms with Crippen molar-refractivity contribution in [3.63, 3.8) is 0 Å². The second kappa shape index (κ2) is 9.17. The number of halogens is 22. The molecule has 2 aliphatic rings. The van der Waals surface area contributed by atoms with Gasteiger partial charge in [-0.1, -0.05) is 4.90 Å². The lowest BCUT2D eigenvalue weighted by Gasteiger charge is -2.55. The van der Waals surface area contributed by atoms with Gasteiger partial charge in [0.25, 0.3) is 6.17 Å². The van der Waals surface area contributed by atoms with Crippen LogP contribution < -0.4 is 0 Å². The van der Waals surface area contributed by atoms with E-state index < -0.39 is 102 Å². The first-order valence-corrected chi connectivity index (χ1v) is 9.57. The first-order chi connectivity index (χ1) is 17.3. The Morgan fingerprint density at radius 1 is 0.575 bits per heavy atom. The van der Waals surface area contributed by atoms with Crippen molar-refractivity contribution in [1.82, 2.24) is 9.80 Å². The van der Waals surface area contributed by atoms with Crippen molar-refractivity contribution in [2.45, 2.75) is 91.9 Å². The predicted molar refractivity (Wildman–Crippen MR) is 78.1 cm³/mol. The zero-order valence-electron chi connectivity index (χ0n) is 17.8. The summed E-state index contributed by atoms with van der Waals surface area (Å²) in [5.41, 5.74) is 0. The fraction of sp³-hybridized carbons (Fsp3) is 1.00. The molecule has 3 nitrogen and oxygen atoms in total. The van der Waals surface area contributed by atoms with Crippen molar-refractivity contribution in [1.29, 1.82) is 0 Å². The maximum absolute atomic E-state index is 14.4. The van der Waals surface area contributed by atoms with E-state index in [1.165, 1.54) is 0 Å². The van der Waals surface area contributed by atoms with Gasteiger partial charge in [0, 0.05) is 0 Å². The minimum atomic E-state index is -7.98. The number of piperazine rings is 1. The van der Waals surface area contributed by atoms with Crippen LogP contribution in [0.2, 0.25) is 0 Å². The van der Waals surface area contributed by atoms with Crippen LogP contribution in [0.1, 0.15) is 12.8 Å². The standard InChI is InChI=1S/C15H8F22N2O/c16-5(9(22,23)24)7(18,19)3-1-2-4(40-3)8(20,21)6(17)38-12(30,31)14(34,35)39(11(28,29)10(25,26)27)15(36,37)13(38,32)33/h3-6H,1-2H2. The Balaban J connectivity index is 2.56. The molecule has 0 spiro atoms. The lowest BCUT2D eigenvalue weighted by molar-refractivity contribution is -0.566. The SMILES string of the molecule is FC(N1C(F)(F)C(F)(F)N(C(F)(F)C(F)(F)F)C(F)(F)C1(F)F)C(F)(F)C1CCC(C(F)(F)C(F)C(F)(F)F)O1. The molecule has 2 fully saturated rings. The molecule has 238 valence electrons. The average Bonchev–Trinajstić information content (AvgIpc) is 3.21. The Bertz CT molecular complexity index is 913. The van der Waals surface area contributed by atoms with Crippen LogP contribution in [0.25, 0.3) is 0 Å². The topological polar surface area (TPSA) is 15.7 Å². The molecule has 4 unspecified atom stereocenters. The first-order valence-electron chi connectivity index (χ1n) is 9.57. The first kappa shape index (κ1) is 34.5. The predicted octanol–water partition coefficient (Wildman–Crippen LogP) is 7.14. The molecular weight excluding hydrogens is 642 g/mol. The molecule has 2 rings (SSSR count). The molecule has 25 heteroatoms. The highest BCUT2D eigenvalue weighted by Crippen LogP contribution is 2.64. The van der Waals surface area contributed by atoms with E-state index in [4.69, 9.17) is 0 Å². The van der Waals surface area contributed by atoms with E-state index in [9.17, 15) is 96.6 Å². The van der Waals surface area contributed by atoms with Crippen LogP contribution in [-0.4, -0.2) is 88.9 Å². The Hall–Kier alpha value is -1.66. The largest absolute Gasteiger partial charge is 0.469 e. The molecule has 0 amide bonds. The molecule has 0 aromatic carbocycles. The molecule has 2 saturated heterocycles. The summed E-state index contributed by atoms with van der Waals surface area (Å²) in [7, 11) is 0. The number of hydrogen-bond acceptors (Lipinski definition) is 3. The second-order valence-corrected chi connectivity index (χ2v) is 8.19. The summed E-state index contributed by atoms with van der Waals surface area (Å²) in [6, 6.07) is -39.6. The maximum atomic E-state index is 14.4. The third kappa shape index (κ3) is 4.69. The minimum absolute atomic E-state index is 1.87. The van der Waals surface area contributed by atoms with Crippen LogP contribution in [0, 0.1) is 0 Å². The normalized spacial score (nSPS) is 29.9. The third-order valence-electron chi connectivity index (χ3n) is 5.56. The average molecular weight is 650 g/mol. The third-order valence-corrected chi connectivity index (χ3v) is 5.56. The summed E-state index contributed by atoms with van der Waals surface area (Å²) in [5, 5.41) is 0. The van der Waals surface area contributed by atoms with Crippen molar-refractivity contribution in [2.75, 3.05) is 0 Å². The van der Waals surface area contributed by atoms with Crippen molar-refractivity contribution < 1.29 is 101 Å². The van der Waals surface area contributed by atoms with Gasteiger partial charge in [0.1, 0.15) is 12.2 Å². The quantitative estimate of drug-likeness (QED) is 0.225. The Morgan fingerprint density at radius 2 is 0.925 bits per heavy atom. The zero-order chi connectivity index (χ0) is 32.1.